The van der Waals surface area contributed by atoms with Crippen molar-refractivity contribution in [2.75, 3.05) is 0 Å². The summed E-state index contributed by atoms with van der Waals surface area (Å²) in [5.74, 6) is 0. The molecule has 1 rings (SSSR count). The zero-order chi connectivity index (χ0) is 5.98. The fourth-order valence-corrected chi connectivity index (χ4v) is 0.922. The van der Waals surface area contributed by atoms with Gasteiger partial charge in [0.25, 0.3) is 0 Å². The first-order valence-electron chi connectivity index (χ1n) is 2.51. The summed E-state index contributed by atoms with van der Waals surface area (Å²) in [6.07, 6.45) is 6.04. The molecular formula is C6H7BrO. The van der Waals surface area contributed by atoms with E-state index in [1.54, 1.807) is 6.08 Å². The van der Waals surface area contributed by atoms with E-state index in [9.17, 15) is 0 Å². The summed E-state index contributed by atoms with van der Waals surface area (Å²) >= 11 is 3.28. The van der Waals surface area contributed by atoms with E-state index in [1.165, 1.54) is 0 Å². The highest BCUT2D eigenvalue weighted by Gasteiger charge is 2.00. The maximum absolute atomic E-state index is 8.87. The smallest absolute Gasteiger partial charge is 0.0759 e. The summed E-state index contributed by atoms with van der Waals surface area (Å²) in [4.78, 5) is 0. The van der Waals surface area contributed by atoms with Gasteiger partial charge in [-0.05, 0) is 12.5 Å². The molecular weight excluding hydrogens is 168 g/mol. The Hall–Kier alpha value is -0.0800. The van der Waals surface area contributed by atoms with Gasteiger partial charge in [0.2, 0.25) is 0 Å². The summed E-state index contributed by atoms with van der Waals surface area (Å²) in [6, 6.07) is 0. The van der Waals surface area contributed by atoms with Crippen molar-refractivity contribution in [1.29, 1.82) is 0 Å². The molecule has 2 heteroatoms. The van der Waals surface area contributed by atoms with Gasteiger partial charge in [0.1, 0.15) is 0 Å². The standard InChI is InChI=1S/C6H7BrO/c7-5-1-3-6(8)4-2-5/h1-3,6,8H,4H2. The molecule has 1 atom stereocenters. The molecule has 1 aliphatic rings. The molecule has 1 nitrogen and oxygen atoms in total. The normalized spacial score (nSPS) is 27.8. The molecule has 0 radical (unpaired) electrons. The lowest BCUT2D eigenvalue weighted by atomic mass is 10.1. The van der Waals surface area contributed by atoms with E-state index in [4.69, 9.17) is 5.11 Å². The van der Waals surface area contributed by atoms with E-state index in [1.807, 2.05) is 12.2 Å². The van der Waals surface area contributed by atoms with Crippen LogP contribution < -0.4 is 0 Å². The van der Waals surface area contributed by atoms with Gasteiger partial charge in [0, 0.05) is 4.48 Å². The van der Waals surface area contributed by atoms with Crippen LogP contribution in [0, 0.1) is 0 Å². The van der Waals surface area contributed by atoms with Gasteiger partial charge in [0.05, 0.1) is 6.10 Å². The summed E-state index contributed by atoms with van der Waals surface area (Å²) < 4.78 is 1.06. The lowest BCUT2D eigenvalue weighted by Crippen LogP contribution is -2.01. The zero-order valence-electron chi connectivity index (χ0n) is 4.34. The Bertz CT molecular complexity index is 137. The third-order valence-corrected chi connectivity index (χ3v) is 1.62. The van der Waals surface area contributed by atoms with Crippen molar-refractivity contribution >= 4 is 15.9 Å². The van der Waals surface area contributed by atoms with Gasteiger partial charge in [-0.25, -0.2) is 0 Å². The lowest BCUT2D eigenvalue weighted by molar-refractivity contribution is 0.225. The van der Waals surface area contributed by atoms with Gasteiger partial charge < -0.3 is 5.11 Å². The first kappa shape index (κ1) is 6.05. The second-order valence-electron chi connectivity index (χ2n) is 1.75. The van der Waals surface area contributed by atoms with Crippen molar-refractivity contribution in [3.8, 4) is 0 Å². The van der Waals surface area contributed by atoms with Gasteiger partial charge in [0.15, 0.2) is 0 Å². The Kier molecular flexibility index (Phi) is 1.86. The molecule has 0 amide bonds. The number of halogens is 1. The van der Waals surface area contributed by atoms with Crippen molar-refractivity contribution in [2.24, 2.45) is 0 Å². The SMILES string of the molecule is OC1C=CC(Br)=CC1. The van der Waals surface area contributed by atoms with Gasteiger partial charge in [-0.2, -0.15) is 0 Å². The Morgan fingerprint density at radius 1 is 1.75 bits per heavy atom. The lowest BCUT2D eigenvalue weighted by Gasteiger charge is -2.04. The van der Waals surface area contributed by atoms with Crippen LogP contribution in [0.3, 0.4) is 0 Å². The molecule has 0 aliphatic heterocycles. The second kappa shape index (κ2) is 2.46. The largest absolute Gasteiger partial charge is 0.389 e. The molecule has 8 heavy (non-hydrogen) atoms. The summed E-state index contributed by atoms with van der Waals surface area (Å²) in [5, 5.41) is 8.87. The molecule has 0 spiro atoms. The third-order valence-electron chi connectivity index (χ3n) is 1.03. The second-order valence-corrected chi connectivity index (χ2v) is 2.67. The minimum absolute atomic E-state index is 0.267. The fourth-order valence-electron chi connectivity index (χ4n) is 0.583. The number of aliphatic hydroxyl groups excluding tert-OH is 1. The highest BCUT2D eigenvalue weighted by atomic mass is 79.9. The molecule has 0 aromatic rings. The van der Waals surface area contributed by atoms with Crippen LogP contribution >= 0.6 is 15.9 Å². The van der Waals surface area contributed by atoms with Crippen molar-refractivity contribution in [3.63, 3.8) is 0 Å². The molecule has 0 bridgehead atoms. The molecule has 0 aromatic carbocycles. The Morgan fingerprint density at radius 3 is 2.88 bits per heavy atom. The van der Waals surface area contributed by atoms with Crippen molar-refractivity contribution in [3.05, 3.63) is 22.7 Å². The van der Waals surface area contributed by atoms with Crippen molar-refractivity contribution in [2.45, 2.75) is 12.5 Å². The third kappa shape index (κ3) is 1.46. The molecule has 0 aromatic heterocycles. The summed E-state index contributed by atoms with van der Waals surface area (Å²) in [7, 11) is 0. The number of hydrogen-bond acceptors (Lipinski definition) is 1. The van der Waals surface area contributed by atoms with Gasteiger partial charge >= 0.3 is 0 Å². The van der Waals surface area contributed by atoms with Crippen LogP contribution in [0.1, 0.15) is 6.42 Å². The highest BCUT2D eigenvalue weighted by molar-refractivity contribution is 9.11. The average Bonchev–Trinajstić information content (AvgIpc) is 1.77. The molecule has 44 valence electrons. The summed E-state index contributed by atoms with van der Waals surface area (Å²) in [5.41, 5.74) is 0. The Morgan fingerprint density at radius 2 is 2.50 bits per heavy atom. The van der Waals surface area contributed by atoms with Crippen LogP contribution in [-0.4, -0.2) is 11.2 Å². The molecule has 1 aliphatic carbocycles. The minimum atomic E-state index is -0.267. The van der Waals surface area contributed by atoms with Crippen molar-refractivity contribution < 1.29 is 5.11 Å². The molecule has 1 N–H and O–H groups in total. The monoisotopic (exact) mass is 174 g/mol. The van der Waals surface area contributed by atoms with Crippen LogP contribution in [-0.2, 0) is 0 Å². The maximum atomic E-state index is 8.87. The number of allylic oxidation sites excluding steroid dienone is 2. The summed E-state index contributed by atoms with van der Waals surface area (Å²) in [6.45, 7) is 0. The maximum Gasteiger partial charge on any atom is 0.0759 e. The Labute approximate surface area is 56.8 Å². The Balaban J connectivity index is 2.58. The molecule has 0 heterocycles. The molecule has 0 fully saturated rings. The van der Waals surface area contributed by atoms with Crippen LogP contribution in [0.4, 0.5) is 0 Å². The highest BCUT2D eigenvalue weighted by Crippen LogP contribution is 2.14. The molecule has 0 saturated heterocycles. The predicted molar refractivity (Wildman–Crippen MR) is 36.8 cm³/mol. The van der Waals surface area contributed by atoms with E-state index in [2.05, 4.69) is 15.9 Å². The van der Waals surface area contributed by atoms with E-state index in [0.29, 0.717) is 0 Å². The van der Waals surface area contributed by atoms with E-state index >= 15 is 0 Å². The zero-order valence-corrected chi connectivity index (χ0v) is 5.93. The molecule has 1 unspecified atom stereocenters. The van der Waals surface area contributed by atoms with Crippen LogP contribution in [0.2, 0.25) is 0 Å². The van der Waals surface area contributed by atoms with Gasteiger partial charge in [-0.1, -0.05) is 28.1 Å². The van der Waals surface area contributed by atoms with Gasteiger partial charge in [-0.15, -0.1) is 0 Å². The quantitative estimate of drug-likeness (QED) is 0.592. The van der Waals surface area contributed by atoms with Crippen molar-refractivity contribution in [1.82, 2.24) is 0 Å². The molecule has 0 saturated carbocycles. The predicted octanol–water partition coefficient (Wildman–Crippen LogP) is 1.59. The first-order valence-corrected chi connectivity index (χ1v) is 3.30. The van der Waals surface area contributed by atoms with E-state index in [0.717, 1.165) is 10.9 Å². The fraction of sp³-hybridized carbons (Fsp3) is 0.333. The topological polar surface area (TPSA) is 20.2 Å². The number of aliphatic hydroxyl groups is 1. The minimum Gasteiger partial charge on any atom is -0.389 e. The van der Waals surface area contributed by atoms with E-state index < -0.39 is 0 Å². The number of hydrogen-bond donors (Lipinski definition) is 1. The van der Waals surface area contributed by atoms with Gasteiger partial charge in [-0.3, -0.25) is 0 Å². The number of rotatable bonds is 0. The average molecular weight is 175 g/mol. The van der Waals surface area contributed by atoms with E-state index in [-0.39, 0.29) is 6.10 Å². The van der Waals surface area contributed by atoms with Crippen LogP contribution in [0.5, 0.6) is 0 Å². The van der Waals surface area contributed by atoms with Crippen LogP contribution in [0.25, 0.3) is 0 Å². The van der Waals surface area contributed by atoms with Crippen LogP contribution in [0.15, 0.2) is 22.7 Å². The first-order chi connectivity index (χ1) is 3.79.